The van der Waals surface area contributed by atoms with Gasteiger partial charge in [-0.05, 0) is 41.8 Å². The van der Waals surface area contributed by atoms with E-state index in [0.717, 1.165) is 0 Å². The van der Waals surface area contributed by atoms with Gasteiger partial charge in [0.25, 0.3) is 0 Å². The SMILES string of the molecule is [CH2]CC(O)c1cc(NC=O)c(O)c(-c2ccc3c(c2)OCO3)c1. The fourth-order valence-electron chi connectivity index (χ4n) is 2.47. The molecule has 0 saturated carbocycles. The van der Waals surface area contributed by atoms with E-state index in [1.807, 2.05) is 0 Å². The molecule has 1 atom stereocenters. The summed E-state index contributed by atoms with van der Waals surface area (Å²) in [6.45, 7) is 3.83. The summed E-state index contributed by atoms with van der Waals surface area (Å²) < 4.78 is 10.6. The third-order valence-corrected chi connectivity index (χ3v) is 3.69. The Bertz CT molecular complexity index is 744. The van der Waals surface area contributed by atoms with Crippen molar-refractivity contribution in [2.75, 3.05) is 12.1 Å². The van der Waals surface area contributed by atoms with Crippen molar-refractivity contribution < 1.29 is 24.5 Å². The van der Waals surface area contributed by atoms with Crippen LogP contribution < -0.4 is 14.8 Å². The molecule has 119 valence electrons. The van der Waals surface area contributed by atoms with Crippen LogP contribution in [0.25, 0.3) is 11.1 Å². The summed E-state index contributed by atoms with van der Waals surface area (Å²) >= 11 is 0. The van der Waals surface area contributed by atoms with Crippen LogP contribution in [0.5, 0.6) is 17.2 Å². The van der Waals surface area contributed by atoms with E-state index in [1.165, 1.54) is 6.07 Å². The number of benzene rings is 2. The summed E-state index contributed by atoms with van der Waals surface area (Å²) in [6.07, 6.45) is -0.0550. The van der Waals surface area contributed by atoms with Gasteiger partial charge in [-0.15, -0.1) is 0 Å². The summed E-state index contributed by atoms with van der Waals surface area (Å²) in [6, 6.07) is 8.44. The van der Waals surface area contributed by atoms with Crippen molar-refractivity contribution in [2.45, 2.75) is 12.5 Å². The van der Waals surface area contributed by atoms with Gasteiger partial charge in [0.1, 0.15) is 5.75 Å². The van der Waals surface area contributed by atoms with Crippen molar-refractivity contribution in [3.05, 3.63) is 42.8 Å². The lowest BCUT2D eigenvalue weighted by molar-refractivity contribution is -0.105. The minimum absolute atomic E-state index is 0.0871. The Morgan fingerprint density at radius 2 is 2.04 bits per heavy atom. The number of aliphatic hydroxyl groups excluding tert-OH is 1. The average Bonchev–Trinajstić information content (AvgIpc) is 3.03. The van der Waals surface area contributed by atoms with Crippen LogP contribution in [-0.2, 0) is 4.79 Å². The maximum absolute atomic E-state index is 10.7. The van der Waals surface area contributed by atoms with Gasteiger partial charge in [0, 0.05) is 5.56 Å². The quantitative estimate of drug-likeness (QED) is 0.583. The fraction of sp³-hybridized carbons (Fsp3) is 0.176. The molecule has 6 heteroatoms. The van der Waals surface area contributed by atoms with Crippen LogP contribution in [0.2, 0.25) is 0 Å². The molecular formula is C17H16NO5. The van der Waals surface area contributed by atoms with Crippen LogP contribution in [0, 0.1) is 6.92 Å². The van der Waals surface area contributed by atoms with E-state index < -0.39 is 6.10 Å². The minimum Gasteiger partial charge on any atom is -0.505 e. The molecule has 6 nitrogen and oxygen atoms in total. The third-order valence-electron chi connectivity index (χ3n) is 3.69. The highest BCUT2D eigenvalue weighted by molar-refractivity contribution is 5.85. The number of nitrogens with one attached hydrogen (secondary N) is 1. The maximum Gasteiger partial charge on any atom is 0.231 e. The van der Waals surface area contributed by atoms with Crippen molar-refractivity contribution in [1.29, 1.82) is 0 Å². The van der Waals surface area contributed by atoms with Gasteiger partial charge in [0.05, 0.1) is 11.8 Å². The smallest absolute Gasteiger partial charge is 0.231 e. The number of hydrogen-bond donors (Lipinski definition) is 3. The van der Waals surface area contributed by atoms with E-state index in [2.05, 4.69) is 12.2 Å². The largest absolute Gasteiger partial charge is 0.505 e. The summed E-state index contributed by atoms with van der Waals surface area (Å²) in [5, 5.41) is 22.9. The van der Waals surface area contributed by atoms with E-state index in [1.54, 1.807) is 24.3 Å². The standard InChI is InChI=1S/C17H16NO5/c1-2-14(20)11-5-12(17(21)13(6-11)18-8-19)10-3-4-15-16(7-10)23-9-22-15/h3-8,14,20-21H,1-2,9H2,(H,18,19). The average molecular weight is 314 g/mol. The number of aromatic hydroxyl groups is 1. The molecule has 2 aromatic carbocycles. The number of anilines is 1. The van der Waals surface area contributed by atoms with Gasteiger partial charge in [0.2, 0.25) is 13.2 Å². The zero-order valence-electron chi connectivity index (χ0n) is 12.3. The van der Waals surface area contributed by atoms with Crippen molar-refractivity contribution in [1.82, 2.24) is 0 Å². The van der Waals surface area contributed by atoms with Crippen LogP contribution in [0.15, 0.2) is 30.3 Å². The number of amides is 1. The molecule has 1 aliphatic rings. The van der Waals surface area contributed by atoms with Gasteiger partial charge in [-0.1, -0.05) is 13.0 Å². The number of carbonyl (C=O) groups excluding carboxylic acids is 1. The van der Waals surface area contributed by atoms with Crippen molar-refractivity contribution >= 4 is 12.1 Å². The number of hydrogen-bond acceptors (Lipinski definition) is 5. The first kappa shape index (κ1) is 15.2. The fourth-order valence-corrected chi connectivity index (χ4v) is 2.47. The number of phenols is 1. The molecule has 0 bridgehead atoms. The second-order valence-electron chi connectivity index (χ2n) is 5.10. The van der Waals surface area contributed by atoms with E-state index in [4.69, 9.17) is 9.47 Å². The van der Waals surface area contributed by atoms with Gasteiger partial charge in [-0.25, -0.2) is 0 Å². The van der Waals surface area contributed by atoms with Gasteiger partial charge in [0.15, 0.2) is 11.5 Å². The zero-order valence-corrected chi connectivity index (χ0v) is 12.3. The van der Waals surface area contributed by atoms with Gasteiger partial charge in [-0.2, -0.15) is 0 Å². The highest BCUT2D eigenvalue weighted by Crippen LogP contribution is 2.42. The first-order chi connectivity index (χ1) is 11.1. The molecule has 1 amide bonds. The molecule has 0 aromatic heterocycles. The number of aliphatic hydroxyl groups is 1. The number of phenolic OH excluding ortho intramolecular Hbond substituents is 1. The molecule has 0 aliphatic carbocycles. The lowest BCUT2D eigenvalue weighted by atomic mass is 9.97. The molecule has 1 aliphatic heterocycles. The lowest BCUT2D eigenvalue weighted by Crippen LogP contribution is -2.01. The Morgan fingerprint density at radius 1 is 1.26 bits per heavy atom. The van der Waals surface area contributed by atoms with Gasteiger partial charge < -0.3 is 25.0 Å². The van der Waals surface area contributed by atoms with E-state index in [0.29, 0.717) is 34.6 Å². The van der Waals surface area contributed by atoms with E-state index >= 15 is 0 Å². The summed E-state index contributed by atoms with van der Waals surface area (Å²) in [5.74, 6) is 1.12. The molecule has 3 rings (SSSR count). The molecule has 1 heterocycles. The second kappa shape index (κ2) is 6.18. The molecule has 3 N–H and O–H groups in total. The first-order valence-electron chi connectivity index (χ1n) is 7.08. The van der Waals surface area contributed by atoms with E-state index in [-0.39, 0.29) is 24.7 Å². The Hall–Kier alpha value is -2.73. The Labute approximate surface area is 133 Å². The third kappa shape index (κ3) is 2.80. The molecule has 1 unspecified atom stereocenters. The van der Waals surface area contributed by atoms with Crippen LogP contribution in [-0.4, -0.2) is 23.4 Å². The number of rotatable bonds is 5. The van der Waals surface area contributed by atoms with Gasteiger partial charge in [-0.3, -0.25) is 4.79 Å². The van der Waals surface area contributed by atoms with Crippen LogP contribution >= 0.6 is 0 Å². The molecule has 2 aromatic rings. The molecule has 23 heavy (non-hydrogen) atoms. The highest BCUT2D eigenvalue weighted by Gasteiger charge is 2.18. The predicted octanol–water partition coefficient (Wildman–Crippen LogP) is 2.61. The normalized spacial score (nSPS) is 13.7. The van der Waals surface area contributed by atoms with E-state index in [9.17, 15) is 15.0 Å². The second-order valence-corrected chi connectivity index (χ2v) is 5.10. The Kier molecular flexibility index (Phi) is 4.08. The van der Waals surface area contributed by atoms with Crippen molar-refractivity contribution in [2.24, 2.45) is 0 Å². The molecular weight excluding hydrogens is 298 g/mol. The zero-order chi connectivity index (χ0) is 16.4. The topological polar surface area (TPSA) is 88.0 Å². The number of ether oxygens (including phenoxy) is 2. The molecule has 0 fully saturated rings. The highest BCUT2D eigenvalue weighted by atomic mass is 16.7. The lowest BCUT2D eigenvalue weighted by Gasteiger charge is -2.15. The summed E-state index contributed by atoms with van der Waals surface area (Å²) in [7, 11) is 0. The Balaban J connectivity index is 2.13. The summed E-state index contributed by atoms with van der Waals surface area (Å²) in [5.41, 5.74) is 1.92. The molecule has 1 radical (unpaired) electrons. The minimum atomic E-state index is -0.796. The monoisotopic (exact) mass is 314 g/mol. The van der Waals surface area contributed by atoms with Crippen molar-refractivity contribution in [3.63, 3.8) is 0 Å². The summed E-state index contributed by atoms with van der Waals surface area (Å²) in [4.78, 5) is 10.7. The first-order valence-corrected chi connectivity index (χ1v) is 7.08. The molecule has 0 spiro atoms. The van der Waals surface area contributed by atoms with Crippen LogP contribution in [0.4, 0.5) is 5.69 Å². The Morgan fingerprint density at radius 3 is 2.78 bits per heavy atom. The number of carbonyl (C=O) groups is 1. The molecule has 0 saturated heterocycles. The van der Waals surface area contributed by atoms with Crippen molar-refractivity contribution in [3.8, 4) is 28.4 Å². The predicted molar refractivity (Wildman–Crippen MR) is 84.3 cm³/mol. The van der Waals surface area contributed by atoms with Crippen LogP contribution in [0.1, 0.15) is 18.1 Å². The maximum atomic E-state index is 10.7. The van der Waals surface area contributed by atoms with Crippen LogP contribution in [0.3, 0.4) is 0 Å². The van der Waals surface area contributed by atoms with Gasteiger partial charge >= 0.3 is 0 Å². The number of fused-ring (bicyclic) bond motifs is 1.